The predicted octanol–water partition coefficient (Wildman–Crippen LogP) is 2.95. The van der Waals surface area contributed by atoms with Crippen LogP contribution in [0.2, 0.25) is 0 Å². The van der Waals surface area contributed by atoms with Crippen LogP contribution in [0.25, 0.3) is 0 Å². The van der Waals surface area contributed by atoms with Gasteiger partial charge in [0.15, 0.2) is 0 Å². The summed E-state index contributed by atoms with van der Waals surface area (Å²) in [4.78, 5) is 36.7. The molecule has 0 spiro atoms. The van der Waals surface area contributed by atoms with Crippen molar-refractivity contribution in [3.8, 4) is 0 Å². The second-order valence-corrected chi connectivity index (χ2v) is 7.46. The third-order valence-corrected chi connectivity index (χ3v) is 5.18. The van der Waals surface area contributed by atoms with E-state index in [1.165, 1.54) is 7.11 Å². The summed E-state index contributed by atoms with van der Waals surface area (Å²) in [7, 11) is 1.35. The molecule has 0 radical (unpaired) electrons. The van der Waals surface area contributed by atoms with Gasteiger partial charge in [0.25, 0.3) is 5.91 Å². The van der Waals surface area contributed by atoms with Crippen LogP contribution in [-0.4, -0.2) is 37.0 Å². The van der Waals surface area contributed by atoms with Gasteiger partial charge in [-0.3, -0.25) is 9.59 Å². The van der Waals surface area contributed by atoms with Crippen LogP contribution < -0.4 is 10.6 Å². The average Bonchev–Trinajstić information content (AvgIpc) is 2.88. The molecule has 1 aromatic carbocycles. The summed E-state index contributed by atoms with van der Waals surface area (Å²) in [5.41, 5.74) is -0.402. The Morgan fingerprint density at radius 2 is 1.69 bits per heavy atom. The first-order valence-electron chi connectivity index (χ1n) is 8.90. The van der Waals surface area contributed by atoms with E-state index in [2.05, 4.69) is 26.6 Å². The average molecular weight is 425 g/mol. The maximum atomic E-state index is 12.3. The fourth-order valence-electron chi connectivity index (χ4n) is 3.23. The second-order valence-electron chi connectivity index (χ2n) is 6.55. The fourth-order valence-corrected chi connectivity index (χ4v) is 3.49. The number of benzene rings is 1. The Labute approximate surface area is 162 Å². The van der Waals surface area contributed by atoms with E-state index in [0.29, 0.717) is 18.4 Å². The highest BCUT2D eigenvalue weighted by Gasteiger charge is 2.40. The molecule has 0 heterocycles. The minimum atomic E-state index is -0.932. The molecule has 0 aromatic heterocycles. The van der Waals surface area contributed by atoms with Gasteiger partial charge in [-0.1, -0.05) is 41.6 Å². The molecule has 6 nitrogen and oxygen atoms in total. The molecule has 1 saturated carbocycles. The molecular weight excluding hydrogens is 400 g/mol. The summed E-state index contributed by atoms with van der Waals surface area (Å²) in [6.45, 7) is 0.206. The monoisotopic (exact) mass is 424 g/mol. The van der Waals surface area contributed by atoms with Crippen LogP contribution in [0, 0.1) is 0 Å². The van der Waals surface area contributed by atoms with Gasteiger partial charge in [-0.15, -0.1) is 0 Å². The molecule has 0 unspecified atom stereocenters. The third kappa shape index (κ3) is 5.56. The first-order chi connectivity index (χ1) is 12.5. The van der Waals surface area contributed by atoms with Crippen molar-refractivity contribution in [1.29, 1.82) is 0 Å². The third-order valence-electron chi connectivity index (χ3n) is 4.66. The van der Waals surface area contributed by atoms with Crippen LogP contribution in [0.3, 0.4) is 0 Å². The van der Waals surface area contributed by atoms with E-state index in [0.717, 1.165) is 30.2 Å². The number of ether oxygens (including phenoxy) is 1. The highest BCUT2D eigenvalue weighted by molar-refractivity contribution is 9.10. The van der Waals surface area contributed by atoms with Gasteiger partial charge in [-0.05, 0) is 37.1 Å². The molecule has 1 aromatic rings. The number of methoxy groups -OCH3 is 1. The maximum Gasteiger partial charge on any atom is 0.331 e. The number of carbonyl (C=O) groups is 3. The van der Waals surface area contributed by atoms with E-state index in [1.807, 2.05) is 0 Å². The van der Waals surface area contributed by atoms with Crippen molar-refractivity contribution in [2.24, 2.45) is 0 Å². The number of amides is 2. The number of rotatable bonds is 6. The zero-order valence-corrected chi connectivity index (χ0v) is 16.6. The van der Waals surface area contributed by atoms with Crippen molar-refractivity contribution in [2.75, 3.05) is 13.7 Å². The molecule has 1 aliphatic carbocycles. The number of esters is 1. The molecule has 0 bridgehead atoms. The van der Waals surface area contributed by atoms with E-state index < -0.39 is 5.54 Å². The molecule has 7 heteroatoms. The molecule has 0 saturated heterocycles. The Kier molecular flexibility index (Phi) is 7.63. The highest BCUT2D eigenvalue weighted by Crippen LogP contribution is 2.28. The van der Waals surface area contributed by atoms with Crippen molar-refractivity contribution in [3.05, 3.63) is 34.3 Å². The SMILES string of the molecule is COC(=O)C1(NC(=O)CCNC(=O)c2ccc(Br)cc2)CCCCCC1. The zero-order chi connectivity index (χ0) is 19.0. The van der Waals surface area contributed by atoms with E-state index in [-0.39, 0.29) is 30.7 Å². The Hall–Kier alpha value is -1.89. The minimum absolute atomic E-state index is 0.112. The van der Waals surface area contributed by atoms with Gasteiger partial charge in [0.1, 0.15) is 5.54 Å². The lowest BCUT2D eigenvalue weighted by Crippen LogP contribution is -2.55. The largest absolute Gasteiger partial charge is 0.467 e. The number of nitrogens with one attached hydrogen (secondary N) is 2. The van der Waals surface area contributed by atoms with Crippen LogP contribution in [0.1, 0.15) is 55.3 Å². The maximum absolute atomic E-state index is 12.3. The Balaban J connectivity index is 1.86. The van der Waals surface area contributed by atoms with Crippen LogP contribution in [-0.2, 0) is 14.3 Å². The van der Waals surface area contributed by atoms with E-state index >= 15 is 0 Å². The summed E-state index contributed by atoms with van der Waals surface area (Å²) < 4.78 is 5.83. The second kappa shape index (κ2) is 9.71. The topological polar surface area (TPSA) is 84.5 Å². The minimum Gasteiger partial charge on any atom is -0.467 e. The molecule has 26 heavy (non-hydrogen) atoms. The molecular formula is C19H25BrN2O4. The Morgan fingerprint density at radius 1 is 1.08 bits per heavy atom. The molecule has 0 atom stereocenters. The number of hydrogen-bond acceptors (Lipinski definition) is 4. The Morgan fingerprint density at radius 3 is 2.27 bits per heavy atom. The molecule has 2 rings (SSSR count). The highest BCUT2D eigenvalue weighted by atomic mass is 79.9. The first-order valence-corrected chi connectivity index (χ1v) is 9.69. The summed E-state index contributed by atoms with van der Waals surface area (Å²) >= 11 is 3.32. The lowest BCUT2D eigenvalue weighted by molar-refractivity contribution is -0.151. The van der Waals surface area contributed by atoms with Crippen molar-refractivity contribution in [2.45, 2.75) is 50.5 Å². The van der Waals surface area contributed by atoms with Crippen LogP contribution >= 0.6 is 15.9 Å². The number of halogens is 1. The fraction of sp³-hybridized carbons (Fsp3) is 0.526. The van der Waals surface area contributed by atoms with Gasteiger partial charge in [0.2, 0.25) is 5.91 Å². The van der Waals surface area contributed by atoms with Crippen molar-refractivity contribution in [1.82, 2.24) is 10.6 Å². The summed E-state index contributed by atoms with van der Waals surface area (Å²) in [6, 6.07) is 6.98. The van der Waals surface area contributed by atoms with Crippen LogP contribution in [0.15, 0.2) is 28.7 Å². The van der Waals surface area contributed by atoms with Gasteiger partial charge in [0, 0.05) is 23.0 Å². The zero-order valence-electron chi connectivity index (χ0n) is 15.0. The van der Waals surface area contributed by atoms with Crippen LogP contribution in [0.4, 0.5) is 0 Å². The lowest BCUT2D eigenvalue weighted by Gasteiger charge is -2.30. The summed E-state index contributed by atoms with van der Waals surface area (Å²) in [5, 5.41) is 5.60. The van der Waals surface area contributed by atoms with Crippen molar-refractivity contribution >= 4 is 33.7 Å². The lowest BCUT2D eigenvalue weighted by atomic mass is 9.90. The van der Waals surface area contributed by atoms with Gasteiger partial charge in [0.05, 0.1) is 7.11 Å². The normalized spacial score (nSPS) is 16.2. The molecule has 1 fully saturated rings. The standard InChI is InChI=1S/C19H25BrN2O4/c1-26-18(25)19(11-4-2-3-5-12-19)22-16(23)10-13-21-17(24)14-6-8-15(20)9-7-14/h6-9H,2-5,10-13H2,1H3,(H,21,24)(H,22,23). The van der Waals surface area contributed by atoms with Crippen molar-refractivity contribution in [3.63, 3.8) is 0 Å². The van der Waals surface area contributed by atoms with Crippen LogP contribution in [0.5, 0.6) is 0 Å². The van der Waals surface area contributed by atoms with E-state index in [9.17, 15) is 14.4 Å². The quantitative estimate of drug-likeness (QED) is 0.542. The molecule has 142 valence electrons. The van der Waals surface area contributed by atoms with E-state index in [4.69, 9.17) is 4.74 Å². The molecule has 2 amide bonds. The molecule has 1 aliphatic rings. The number of carbonyl (C=O) groups excluding carboxylic acids is 3. The van der Waals surface area contributed by atoms with Crippen molar-refractivity contribution < 1.29 is 19.1 Å². The van der Waals surface area contributed by atoms with Gasteiger partial charge in [-0.25, -0.2) is 4.79 Å². The van der Waals surface area contributed by atoms with Gasteiger partial charge < -0.3 is 15.4 Å². The van der Waals surface area contributed by atoms with E-state index in [1.54, 1.807) is 24.3 Å². The number of hydrogen-bond donors (Lipinski definition) is 2. The summed E-state index contributed by atoms with van der Waals surface area (Å²) in [6.07, 6.45) is 5.18. The smallest absolute Gasteiger partial charge is 0.331 e. The first kappa shape index (κ1) is 20.4. The predicted molar refractivity (Wildman–Crippen MR) is 102 cm³/mol. The Bertz CT molecular complexity index is 637. The summed E-state index contributed by atoms with van der Waals surface area (Å²) in [5.74, 6) is -0.873. The van der Waals surface area contributed by atoms with Gasteiger partial charge in [-0.2, -0.15) is 0 Å². The van der Waals surface area contributed by atoms with Gasteiger partial charge >= 0.3 is 5.97 Å². The molecule has 0 aliphatic heterocycles. The molecule has 2 N–H and O–H groups in total.